The summed E-state index contributed by atoms with van der Waals surface area (Å²) in [6.07, 6.45) is 1.61. The van der Waals surface area contributed by atoms with E-state index in [1.54, 1.807) is 41.1 Å². The summed E-state index contributed by atoms with van der Waals surface area (Å²) in [6, 6.07) is 10.6. The number of methoxy groups -OCH3 is 1. The summed E-state index contributed by atoms with van der Waals surface area (Å²) in [5.74, 6) is 6.10. The van der Waals surface area contributed by atoms with Crippen molar-refractivity contribution in [3.05, 3.63) is 52.7 Å². The van der Waals surface area contributed by atoms with E-state index in [0.717, 1.165) is 5.52 Å². The number of aliphatic imine (C=N–C) groups is 1. The first-order valence-electron chi connectivity index (χ1n) is 8.45. The van der Waals surface area contributed by atoms with E-state index >= 15 is 0 Å². The zero-order chi connectivity index (χ0) is 20.4. The number of nitrogens with two attached hydrogens (primary N) is 1. The second-order valence-electron chi connectivity index (χ2n) is 5.99. The molecule has 0 saturated heterocycles. The number of ether oxygens (including phenoxy) is 2. The van der Waals surface area contributed by atoms with Gasteiger partial charge < -0.3 is 9.47 Å². The second kappa shape index (κ2) is 7.78. The minimum atomic E-state index is -0.351. The Morgan fingerprint density at radius 1 is 1.28 bits per heavy atom. The molecule has 2 heterocycles. The summed E-state index contributed by atoms with van der Waals surface area (Å²) in [5.41, 5.74) is 4.71. The van der Waals surface area contributed by atoms with Gasteiger partial charge in [0.1, 0.15) is 11.2 Å². The van der Waals surface area contributed by atoms with Gasteiger partial charge in [-0.3, -0.25) is 15.5 Å². The van der Waals surface area contributed by atoms with Crippen LogP contribution < -0.4 is 26.1 Å². The summed E-state index contributed by atoms with van der Waals surface area (Å²) < 4.78 is 12.9. The third kappa shape index (κ3) is 3.84. The molecule has 11 heteroatoms. The molecule has 10 nitrogen and oxygen atoms in total. The summed E-state index contributed by atoms with van der Waals surface area (Å²) in [6.45, 7) is 0.132. The molecule has 1 aromatic heterocycles. The van der Waals surface area contributed by atoms with Crippen LogP contribution in [0.4, 0.5) is 0 Å². The smallest absolute Gasteiger partial charge is 0.276 e. The number of nitrogens with one attached hydrogen (secondary N) is 2. The SMILES string of the molecule is COc1cc(C=C2N=C(NN)NC2=O)ccc1OCn1nnc2cc(Cl)ccc21. The van der Waals surface area contributed by atoms with E-state index in [4.69, 9.17) is 26.9 Å². The molecule has 4 rings (SSSR count). The molecule has 148 valence electrons. The molecule has 0 bridgehead atoms. The predicted molar refractivity (Wildman–Crippen MR) is 107 cm³/mol. The van der Waals surface area contributed by atoms with Crippen molar-refractivity contribution in [2.75, 3.05) is 7.11 Å². The van der Waals surface area contributed by atoms with Crippen molar-refractivity contribution < 1.29 is 14.3 Å². The quantitative estimate of drug-likeness (QED) is 0.327. The molecule has 4 N–H and O–H groups in total. The third-order valence-electron chi connectivity index (χ3n) is 4.14. The van der Waals surface area contributed by atoms with Gasteiger partial charge in [0.25, 0.3) is 5.91 Å². The lowest BCUT2D eigenvalue weighted by Crippen LogP contribution is -2.40. The summed E-state index contributed by atoms with van der Waals surface area (Å²) >= 11 is 5.97. The fourth-order valence-electron chi connectivity index (χ4n) is 2.76. The number of carbonyl (C=O) groups excluding carboxylic acids is 1. The highest BCUT2D eigenvalue weighted by Crippen LogP contribution is 2.30. The van der Waals surface area contributed by atoms with Crippen molar-refractivity contribution in [1.29, 1.82) is 0 Å². The molecule has 0 fully saturated rings. The number of aromatic nitrogens is 3. The van der Waals surface area contributed by atoms with E-state index in [1.165, 1.54) is 7.11 Å². The van der Waals surface area contributed by atoms with Gasteiger partial charge >= 0.3 is 0 Å². The van der Waals surface area contributed by atoms with Crippen molar-refractivity contribution in [2.24, 2.45) is 10.8 Å². The molecule has 1 aliphatic rings. The van der Waals surface area contributed by atoms with Crippen LogP contribution in [-0.2, 0) is 11.5 Å². The van der Waals surface area contributed by atoms with Crippen LogP contribution in [0.3, 0.4) is 0 Å². The minimum absolute atomic E-state index is 0.132. The summed E-state index contributed by atoms with van der Waals surface area (Å²) in [4.78, 5) is 15.9. The van der Waals surface area contributed by atoms with E-state index in [-0.39, 0.29) is 24.3 Å². The highest BCUT2D eigenvalue weighted by molar-refractivity contribution is 6.31. The first-order valence-corrected chi connectivity index (χ1v) is 8.83. The van der Waals surface area contributed by atoms with Gasteiger partial charge in [-0.1, -0.05) is 22.9 Å². The van der Waals surface area contributed by atoms with Gasteiger partial charge in [0, 0.05) is 5.02 Å². The number of halogens is 1. The first-order chi connectivity index (χ1) is 14.1. The highest BCUT2D eigenvalue weighted by atomic mass is 35.5. The Morgan fingerprint density at radius 2 is 2.14 bits per heavy atom. The van der Waals surface area contributed by atoms with Crippen LogP contribution in [0.2, 0.25) is 5.02 Å². The molecule has 0 unspecified atom stereocenters. The van der Waals surface area contributed by atoms with Gasteiger partial charge in [-0.05, 0) is 42.0 Å². The van der Waals surface area contributed by atoms with Crippen LogP contribution in [0.5, 0.6) is 11.5 Å². The third-order valence-corrected chi connectivity index (χ3v) is 4.38. The lowest BCUT2D eigenvalue weighted by molar-refractivity contribution is -0.115. The van der Waals surface area contributed by atoms with E-state index in [9.17, 15) is 4.79 Å². The normalized spacial score (nSPS) is 14.8. The Hall–Kier alpha value is -3.63. The molecule has 0 spiro atoms. The maximum atomic E-state index is 11.9. The van der Waals surface area contributed by atoms with E-state index in [2.05, 4.69) is 26.0 Å². The number of fused-ring (bicyclic) bond motifs is 1. The first kappa shape index (κ1) is 18.7. The topological polar surface area (TPSA) is 129 Å². The van der Waals surface area contributed by atoms with E-state index < -0.39 is 0 Å². The molecular weight excluding hydrogens is 398 g/mol. The maximum absolute atomic E-state index is 11.9. The van der Waals surface area contributed by atoms with Crippen molar-refractivity contribution in [3.63, 3.8) is 0 Å². The van der Waals surface area contributed by atoms with Gasteiger partial charge in [0.2, 0.25) is 5.96 Å². The summed E-state index contributed by atoms with van der Waals surface area (Å²) in [5, 5.41) is 11.2. The fourth-order valence-corrected chi connectivity index (χ4v) is 2.93. The largest absolute Gasteiger partial charge is 0.493 e. The summed E-state index contributed by atoms with van der Waals surface area (Å²) in [7, 11) is 1.53. The van der Waals surface area contributed by atoms with Crippen molar-refractivity contribution in [1.82, 2.24) is 25.7 Å². The van der Waals surface area contributed by atoms with Gasteiger partial charge in [-0.2, -0.15) is 0 Å². The Kier molecular flexibility index (Phi) is 5.02. The van der Waals surface area contributed by atoms with E-state index in [1.807, 2.05) is 6.07 Å². The van der Waals surface area contributed by atoms with Gasteiger partial charge in [-0.15, -0.1) is 5.10 Å². The maximum Gasteiger partial charge on any atom is 0.276 e. The molecule has 0 atom stereocenters. The lowest BCUT2D eigenvalue weighted by atomic mass is 10.1. The molecule has 0 saturated carbocycles. The molecule has 0 radical (unpaired) electrons. The zero-order valence-corrected chi connectivity index (χ0v) is 16.0. The Morgan fingerprint density at radius 3 is 2.90 bits per heavy atom. The van der Waals surface area contributed by atoms with Crippen LogP contribution in [0.25, 0.3) is 17.1 Å². The molecule has 1 amide bonds. The Labute approximate surface area is 169 Å². The van der Waals surface area contributed by atoms with Gasteiger partial charge in [-0.25, -0.2) is 15.5 Å². The van der Waals surface area contributed by atoms with Gasteiger partial charge in [0.15, 0.2) is 18.2 Å². The van der Waals surface area contributed by atoms with Crippen LogP contribution in [0, 0.1) is 0 Å². The standard InChI is InChI=1S/C18H16ClN7O3/c1-28-16-7-10(6-13-17(27)22-18(21-13)23-20)2-5-15(16)29-9-26-14-4-3-11(19)8-12(14)24-25-26/h2-8H,9,20H2,1H3,(H2,21,22,23,27). The number of hydrogen-bond donors (Lipinski definition) is 3. The second-order valence-corrected chi connectivity index (χ2v) is 6.43. The molecule has 1 aliphatic heterocycles. The minimum Gasteiger partial charge on any atom is -0.493 e. The molecular formula is C18H16ClN7O3. The molecule has 29 heavy (non-hydrogen) atoms. The predicted octanol–water partition coefficient (Wildman–Crippen LogP) is 1.42. The Balaban J connectivity index is 1.54. The number of benzene rings is 2. The monoisotopic (exact) mass is 413 g/mol. The van der Waals surface area contributed by atoms with E-state index in [0.29, 0.717) is 27.6 Å². The van der Waals surface area contributed by atoms with Crippen LogP contribution in [0.1, 0.15) is 5.56 Å². The van der Waals surface area contributed by atoms with Crippen molar-refractivity contribution in [2.45, 2.75) is 6.73 Å². The number of rotatable bonds is 5. The zero-order valence-electron chi connectivity index (χ0n) is 15.2. The molecule has 3 aromatic rings. The van der Waals surface area contributed by atoms with Crippen molar-refractivity contribution >= 4 is 40.6 Å². The highest BCUT2D eigenvalue weighted by Gasteiger charge is 2.19. The number of carbonyl (C=O) groups is 1. The molecule has 0 aliphatic carbocycles. The fraction of sp³-hybridized carbons (Fsp3) is 0.111. The van der Waals surface area contributed by atoms with Crippen LogP contribution in [0.15, 0.2) is 47.1 Å². The van der Waals surface area contributed by atoms with Crippen molar-refractivity contribution in [3.8, 4) is 11.5 Å². The number of guanidine groups is 1. The average Bonchev–Trinajstić information content (AvgIpc) is 3.29. The number of hydrazine groups is 1. The number of nitrogens with zero attached hydrogens (tertiary/aromatic N) is 4. The average molecular weight is 414 g/mol. The van der Waals surface area contributed by atoms with Crippen LogP contribution in [-0.4, -0.2) is 34.0 Å². The lowest BCUT2D eigenvalue weighted by Gasteiger charge is -2.11. The number of hydrogen-bond acceptors (Lipinski definition) is 8. The van der Waals surface area contributed by atoms with Gasteiger partial charge in [0.05, 0.1) is 12.6 Å². The van der Waals surface area contributed by atoms with Crippen LogP contribution >= 0.6 is 11.6 Å². The Bertz CT molecular complexity index is 1160. The molecule has 2 aromatic carbocycles. The number of amides is 1.